The predicted octanol–water partition coefficient (Wildman–Crippen LogP) is 21.5. The number of halogens is 3. The van der Waals surface area contributed by atoms with Crippen molar-refractivity contribution in [2.45, 2.75) is 187 Å². The third kappa shape index (κ3) is 18.0. The molecule has 0 N–H and O–H groups in total. The van der Waals surface area contributed by atoms with Crippen LogP contribution in [-0.4, -0.2) is 37.3 Å². The molecule has 3 aliphatic heterocycles. The van der Waals surface area contributed by atoms with E-state index in [2.05, 4.69) is 0 Å². The van der Waals surface area contributed by atoms with Gasteiger partial charge < -0.3 is 54.7 Å². The molecule has 9 nitrogen and oxygen atoms in total. The van der Waals surface area contributed by atoms with E-state index in [1.807, 2.05) is 258 Å². The summed E-state index contributed by atoms with van der Waals surface area (Å²) in [6, 6.07) is 50.8. The van der Waals surface area contributed by atoms with E-state index in [4.69, 9.17) is 14.0 Å². The fourth-order valence-electron chi connectivity index (χ4n) is 10.4. The largest absolute Gasteiger partial charge is 0.700 e. The minimum absolute atomic E-state index is 0.402. The Morgan fingerprint density at radius 2 is 0.677 bits per heavy atom. The number of rotatable bonds is 3. The summed E-state index contributed by atoms with van der Waals surface area (Å²) in [6.45, 7) is 41.3. The SMILES string of the molecule is CC.CC.CC.CC.CC.CC.CC.CC.CC.CC(C)(C)C(=O)[B-]1(F)Oc2cc3ccccc3cc2-c2cccc[n+]21.CC(C)(C)C(=O)[B-]1(F)Oc2ccc3ccccc3c2-c2cccc[n+]21.CC(C)(C)C(=O)[B-]1(F)Oc2ccccc2-c2c3ccccc3cc[n+]21. The first kappa shape index (κ1) is 83.0. The zero-order valence-corrected chi connectivity index (χ0v) is 61.5. The maximum absolute atomic E-state index is 16.1. The minimum Gasteiger partial charge on any atom is -0.624 e. The predicted molar refractivity (Wildman–Crippen MR) is 393 cm³/mol. The molecule has 3 unspecified atom stereocenters. The molecule has 504 valence electrons. The number of hydrogen-bond donors (Lipinski definition) is 0. The van der Waals surface area contributed by atoms with Crippen molar-refractivity contribution >= 4 is 69.6 Å². The van der Waals surface area contributed by atoms with Gasteiger partial charge >= 0.3 is 20.3 Å². The van der Waals surface area contributed by atoms with Crippen LogP contribution in [0.4, 0.5) is 12.9 Å². The standard InChI is InChI=1S/3C20H19BFNO2.9C2H6/c1-20(2,3)19(24)21(22)23-13-7-6-10-16(23)18-15-9-5-4-8-14(15)11-12-17(18)25-21;1-20(2,3)19(24)21(22)23-11-7-6-10-17(23)16-12-14-8-4-5-9-15(14)13-18(16)25-21;1-20(2,3)19(24)21(22)23-13-12-14-8-4-5-9-15(14)18(23)16-10-6-7-11-17(16)25-21;9*1-2/h3*4-13H,1-3H3;9*1-2H3. The van der Waals surface area contributed by atoms with Crippen LogP contribution in [0.25, 0.3) is 66.1 Å². The fraction of sp³-hybridized carbons (Fsp3) is 0.385. The molecule has 6 aromatic carbocycles. The second-order valence-electron chi connectivity index (χ2n) is 22.6. The van der Waals surface area contributed by atoms with Crippen molar-refractivity contribution in [2.75, 3.05) is 0 Å². The average Bonchev–Trinajstić information content (AvgIpc) is 0.746. The maximum Gasteiger partial charge on any atom is 0.700 e. The Labute approximate surface area is 558 Å². The summed E-state index contributed by atoms with van der Waals surface area (Å²) in [5.41, 5.74) is 0.137. The summed E-state index contributed by atoms with van der Waals surface area (Å²) < 4.78 is 69.4. The third-order valence-electron chi connectivity index (χ3n) is 14.2. The Bertz CT molecular complexity index is 3790. The second-order valence-corrected chi connectivity index (χ2v) is 22.6. The maximum atomic E-state index is 16.1. The number of hydrogen-bond acceptors (Lipinski definition) is 6. The quantitative estimate of drug-likeness (QED) is 0.164. The van der Waals surface area contributed by atoms with Crippen LogP contribution in [0.15, 0.2) is 182 Å². The Hall–Kier alpha value is -8.06. The molecule has 0 fully saturated rings. The number of carbonyl (C=O) groups is 3. The smallest absolute Gasteiger partial charge is 0.624 e. The highest BCUT2D eigenvalue weighted by molar-refractivity contribution is 6.92. The number of fused-ring (bicyclic) bond motifs is 14. The van der Waals surface area contributed by atoms with Gasteiger partial charge in [0.2, 0.25) is 0 Å². The Kier molecular flexibility index (Phi) is 33.5. The van der Waals surface area contributed by atoms with E-state index in [1.165, 1.54) is 13.4 Å². The molecule has 0 aliphatic carbocycles. The van der Waals surface area contributed by atoms with Gasteiger partial charge in [0.05, 0.1) is 33.9 Å². The van der Waals surface area contributed by atoms with Crippen molar-refractivity contribution < 1.29 is 54.7 Å². The van der Waals surface area contributed by atoms with Crippen molar-refractivity contribution in [1.29, 1.82) is 0 Å². The molecule has 9 aromatic rings. The molecular weight excluding hydrogens is 1160 g/mol. The average molecular weight is 1280 g/mol. The van der Waals surface area contributed by atoms with Gasteiger partial charge in [-0.2, -0.15) is 0 Å². The molecule has 0 bridgehead atoms. The summed E-state index contributed by atoms with van der Waals surface area (Å²) in [5, 5.41) is 5.90. The molecule has 93 heavy (non-hydrogen) atoms. The first-order chi connectivity index (χ1) is 44.4. The summed E-state index contributed by atoms with van der Waals surface area (Å²) >= 11 is 0. The lowest BCUT2D eigenvalue weighted by Gasteiger charge is -2.37. The van der Waals surface area contributed by atoms with Gasteiger partial charge in [-0.3, -0.25) is 0 Å². The number of benzene rings is 6. The van der Waals surface area contributed by atoms with Crippen molar-refractivity contribution in [3.63, 3.8) is 0 Å². The van der Waals surface area contributed by atoms with E-state index >= 15 is 12.9 Å². The topological polar surface area (TPSA) is 90.5 Å². The van der Waals surface area contributed by atoms with Crippen LogP contribution in [0.1, 0.15) is 187 Å². The van der Waals surface area contributed by atoms with Gasteiger partial charge in [-0.1, -0.05) is 284 Å². The van der Waals surface area contributed by atoms with E-state index in [1.54, 1.807) is 111 Å². The van der Waals surface area contributed by atoms with Crippen molar-refractivity contribution in [1.82, 2.24) is 0 Å². The van der Waals surface area contributed by atoms with Crippen LogP contribution in [0, 0.1) is 16.2 Å². The van der Waals surface area contributed by atoms with E-state index in [0.29, 0.717) is 34.3 Å². The van der Waals surface area contributed by atoms with Gasteiger partial charge in [-0.15, -0.1) is 0 Å². The Morgan fingerprint density at radius 1 is 0.323 bits per heavy atom. The number of para-hydroxylation sites is 1. The molecule has 0 saturated carbocycles. The van der Waals surface area contributed by atoms with Crippen LogP contribution in [0.2, 0.25) is 0 Å². The van der Waals surface area contributed by atoms with Crippen LogP contribution in [0.3, 0.4) is 0 Å². The molecular formula is C78H111B3F3N3O6. The molecule has 12 rings (SSSR count). The summed E-state index contributed by atoms with van der Waals surface area (Å²) in [5.74, 6) is 1.22. The molecule has 3 aromatic heterocycles. The molecule has 0 amide bonds. The number of pyridine rings is 3. The van der Waals surface area contributed by atoms with Gasteiger partial charge in [-0.25, -0.2) is 0 Å². The van der Waals surface area contributed by atoms with E-state index < -0.39 is 53.6 Å². The van der Waals surface area contributed by atoms with Crippen molar-refractivity contribution in [3.8, 4) is 51.0 Å². The van der Waals surface area contributed by atoms with Gasteiger partial charge in [0.25, 0.3) is 0 Å². The van der Waals surface area contributed by atoms with Gasteiger partial charge in [0.1, 0.15) is 35.6 Å². The number of nitrogens with zero attached hydrogens (tertiary/aromatic N) is 3. The molecule has 0 radical (unpaired) electrons. The van der Waals surface area contributed by atoms with Crippen LogP contribution in [-0.2, 0) is 14.4 Å². The molecule has 3 atom stereocenters. The van der Waals surface area contributed by atoms with E-state index in [-0.39, 0.29) is 0 Å². The highest BCUT2D eigenvalue weighted by Gasteiger charge is 2.60. The first-order valence-corrected chi connectivity index (χ1v) is 34.2. The molecule has 0 spiro atoms. The van der Waals surface area contributed by atoms with E-state index in [9.17, 15) is 14.4 Å². The minimum atomic E-state index is -3.39. The normalized spacial score (nSPS) is 15.9. The number of aromatic nitrogens is 3. The van der Waals surface area contributed by atoms with Gasteiger partial charge in [0, 0.05) is 23.6 Å². The fourth-order valence-corrected chi connectivity index (χ4v) is 10.4. The lowest BCUT2D eigenvalue weighted by molar-refractivity contribution is -0.556. The zero-order chi connectivity index (χ0) is 71.5. The summed E-state index contributed by atoms with van der Waals surface area (Å²) in [7, 11) is 0. The number of carbonyl (C=O) groups excluding carboxylic acids is 3. The van der Waals surface area contributed by atoms with Crippen LogP contribution in [0.5, 0.6) is 17.2 Å². The highest BCUT2D eigenvalue weighted by Crippen LogP contribution is 2.43. The van der Waals surface area contributed by atoms with Crippen LogP contribution >= 0.6 is 0 Å². The molecule has 0 saturated heterocycles. The molecule has 3 aliphatic rings. The van der Waals surface area contributed by atoms with Crippen LogP contribution < -0.4 is 27.4 Å². The monoisotopic (exact) mass is 1280 g/mol. The zero-order valence-electron chi connectivity index (χ0n) is 61.5. The lowest BCUT2D eigenvalue weighted by Crippen LogP contribution is -2.75. The Morgan fingerprint density at radius 3 is 1.16 bits per heavy atom. The third-order valence-corrected chi connectivity index (χ3v) is 14.2. The Balaban J connectivity index is 0.000000620. The highest BCUT2D eigenvalue weighted by atomic mass is 19.1. The first-order valence-electron chi connectivity index (χ1n) is 34.2. The van der Waals surface area contributed by atoms with Crippen molar-refractivity contribution in [2.24, 2.45) is 16.2 Å². The second kappa shape index (κ2) is 37.6. The van der Waals surface area contributed by atoms with Gasteiger partial charge in [0.15, 0.2) is 17.1 Å². The van der Waals surface area contributed by atoms with E-state index in [0.717, 1.165) is 49.0 Å². The summed E-state index contributed by atoms with van der Waals surface area (Å²) in [4.78, 5) is 38.7. The molecule has 15 heteroatoms. The van der Waals surface area contributed by atoms with Crippen molar-refractivity contribution in [3.05, 3.63) is 182 Å². The summed E-state index contributed by atoms with van der Waals surface area (Å²) in [6.07, 6.45) is 4.79. The molecule has 6 heterocycles. The van der Waals surface area contributed by atoms with Gasteiger partial charge in [-0.05, 0) is 91.7 Å². The lowest BCUT2D eigenvalue weighted by atomic mass is 9.58.